The van der Waals surface area contributed by atoms with Gasteiger partial charge in [-0.15, -0.1) is 0 Å². The van der Waals surface area contributed by atoms with Crippen LogP contribution >= 0.6 is 23.2 Å². The predicted molar refractivity (Wildman–Crippen MR) is 99.3 cm³/mol. The maximum absolute atomic E-state index is 13.6. The molecule has 0 radical (unpaired) electrons. The molecule has 0 saturated carbocycles. The highest BCUT2D eigenvalue weighted by Crippen LogP contribution is 2.26. The maximum atomic E-state index is 13.6. The topological polar surface area (TPSA) is 66.9 Å². The van der Waals surface area contributed by atoms with Gasteiger partial charge in [0, 0.05) is 30.2 Å². The van der Waals surface area contributed by atoms with E-state index in [0.29, 0.717) is 27.2 Å². The molecule has 2 aromatic carbocycles. The van der Waals surface area contributed by atoms with Gasteiger partial charge in [-0.1, -0.05) is 41.4 Å². The Bertz CT molecular complexity index is 935. The monoisotopic (exact) mass is 390 g/mol. The van der Waals surface area contributed by atoms with Gasteiger partial charge in [0.05, 0.1) is 15.6 Å². The lowest BCUT2D eigenvalue weighted by Crippen LogP contribution is -2.23. The minimum atomic E-state index is -0.394. The molecule has 1 amide bonds. The molecule has 0 aliphatic heterocycles. The summed E-state index contributed by atoms with van der Waals surface area (Å²) in [5.74, 6) is -0.464. The molecule has 0 saturated heterocycles. The van der Waals surface area contributed by atoms with Gasteiger partial charge in [0.25, 0.3) is 5.91 Å². The molecular formula is C18H13Cl2FN4O. The Hall–Kier alpha value is -2.70. The van der Waals surface area contributed by atoms with Crippen molar-refractivity contribution in [3.05, 3.63) is 81.8 Å². The molecule has 1 heterocycles. The Morgan fingerprint density at radius 1 is 1.04 bits per heavy atom. The third-order valence-electron chi connectivity index (χ3n) is 3.49. The zero-order valence-corrected chi connectivity index (χ0v) is 14.9. The first-order chi connectivity index (χ1) is 12.5. The number of carbonyl (C=O) groups is 1. The van der Waals surface area contributed by atoms with Crippen LogP contribution in [0.5, 0.6) is 0 Å². The first-order valence-electron chi connectivity index (χ1n) is 7.58. The Labute approximate surface area is 159 Å². The fraction of sp³-hybridized carbons (Fsp3) is 0.0556. The van der Waals surface area contributed by atoms with Crippen LogP contribution in [-0.4, -0.2) is 15.9 Å². The number of aromatic nitrogens is 2. The van der Waals surface area contributed by atoms with Crippen molar-refractivity contribution in [3.63, 3.8) is 0 Å². The van der Waals surface area contributed by atoms with Crippen molar-refractivity contribution in [2.75, 3.05) is 5.32 Å². The lowest BCUT2D eigenvalue weighted by atomic mass is 10.2. The van der Waals surface area contributed by atoms with Gasteiger partial charge in [-0.3, -0.25) is 4.79 Å². The van der Waals surface area contributed by atoms with Crippen molar-refractivity contribution in [1.29, 1.82) is 0 Å². The van der Waals surface area contributed by atoms with E-state index < -0.39 is 5.91 Å². The number of benzene rings is 2. The molecule has 0 spiro atoms. The summed E-state index contributed by atoms with van der Waals surface area (Å²) in [5, 5.41) is 6.43. The average Bonchev–Trinajstić information content (AvgIpc) is 2.64. The van der Waals surface area contributed by atoms with E-state index in [0.717, 1.165) is 0 Å². The van der Waals surface area contributed by atoms with Crippen LogP contribution in [0.25, 0.3) is 0 Å². The second-order valence-electron chi connectivity index (χ2n) is 5.32. The van der Waals surface area contributed by atoms with Crippen molar-refractivity contribution >= 4 is 40.7 Å². The second kappa shape index (κ2) is 8.12. The van der Waals surface area contributed by atoms with Gasteiger partial charge in [-0.25, -0.2) is 14.4 Å². The first-order valence-corrected chi connectivity index (χ1v) is 8.34. The largest absolute Gasteiger partial charge is 0.348 e. The van der Waals surface area contributed by atoms with Gasteiger partial charge in [0.15, 0.2) is 0 Å². The molecule has 5 nitrogen and oxygen atoms in total. The zero-order valence-electron chi connectivity index (χ0n) is 13.3. The maximum Gasteiger partial charge on any atom is 0.254 e. The molecule has 1 aromatic heterocycles. The summed E-state index contributed by atoms with van der Waals surface area (Å²) in [5.41, 5.74) is 1.33. The molecule has 0 atom stereocenters. The highest BCUT2D eigenvalue weighted by molar-refractivity contribution is 6.42. The number of hydrogen-bond donors (Lipinski definition) is 2. The molecule has 3 rings (SSSR count). The Kier molecular flexibility index (Phi) is 5.65. The van der Waals surface area contributed by atoms with Crippen LogP contribution in [0.4, 0.5) is 16.0 Å². The van der Waals surface area contributed by atoms with Gasteiger partial charge in [0.1, 0.15) is 5.82 Å². The van der Waals surface area contributed by atoms with Crippen LogP contribution < -0.4 is 10.6 Å². The lowest BCUT2D eigenvalue weighted by Gasteiger charge is -2.08. The van der Waals surface area contributed by atoms with E-state index in [2.05, 4.69) is 20.6 Å². The molecule has 3 aromatic rings. The highest BCUT2D eigenvalue weighted by atomic mass is 35.5. The average molecular weight is 391 g/mol. The third kappa shape index (κ3) is 4.47. The van der Waals surface area contributed by atoms with E-state index in [-0.39, 0.29) is 17.9 Å². The molecule has 2 N–H and O–H groups in total. The number of amides is 1. The fourth-order valence-corrected chi connectivity index (χ4v) is 2.43. The molecule has 132 valence electrons. The number of halogens is 3. The number of hydrogen-bond acceptors (Lipinski definition) is 4. The molecule has 0 aliphatic carbocycles. The van der Waals surface area contributed by atoms with Gasteiger partial charge >= 0.3 is 0 Å². The molecule has 0 unspecified atom stereocenters. The number of nitrogens with zero attached hydrogens (tertiary/aromatic N) is 2. The summed E-state index contributed by atoms with van der Waals surface area (Å²) in [6.07, 6.45) is 2.76. The van der Waals surface area contributed by atoms with E-state index in [9.17, 15) is 9.18 Å². The Balaban J connectivity index is 1.62. The van der Waals surface area contributed by atoms with Crippen LogP contribution in [0.1, 0.15) is 15.9 Å². The Morgan fingerprint density at radius 3 is 2.46 bits per heavy atom. The number of nitrogens with one attached hydrogen (secondary N) is 2. The van der Waals surface area contributed by atoms with E-state index in [4.69, 9.17) is 23.2 Å². The molecule has 8 heteroatoms. The zero-order chi connectivity index (χ0) is 18.5. The van der Waals surface area contributed by atoms with Crippen molar-refractivity contribution in [3.8, 4) is 0 Å². The van der Waals surface area contributed by atoms with Crippen LogP contribution in [0.2, 0.25) is 10.0 Å². The quantitative estimate of drug-likeness (QED) is 0.668. The lowest BCUT2D eigenvalue weighted by molar-refractivity contribution is 0.0950. The molecule has 26 heavy (non-hydrogen) atoms. The predicted octanol–water partition coefficient (Wildman–Crippen LogP) is 4.60. The van der Waals surface area contributed by atoms with E-state index in [1.807, 2.05) is 0 Å². The van der Waals surface area contributed by atoms with Gasteiger partial charge in [-0.05, 0) is 24.3 Å². The summed E-state index contributed by atoms with van der Waals surface area (Å²) >= 11 is 11.8. The third-order valence-corrected chi connectivity index (χ3v) is 4.23. The molecular weight excluding hydrogens is 378 g/mol. The van der Waals surface area contributed by atoms with Gasteiger partial charge in [0.2, 0.25) is 5.95 Å². The molecule has 0 aliphatic rings. The summed E-state index contributed by atoms with van der Waals surface area (Å²) < 4.78 is 13.6. The second-order valence-corrected chi connectivity index (χ2v) is 6.14. The van der Waals surface area contributed by atoms with Crippen LogP contribution in [0, 0.1) is 5.82 Å². The SMILES string of the molecule is O=C(NCc1ccccc1F)c1cnc(Nc2ccc(Cl)c(Cl)c2)nc1. The highest BCUT2D eigenvalue weighted by Gasteiger charge is 2.09. The Morgan fingerprint density at radius 2 is 1.77 bits per heavy atom. The van der Waals surface area contributed by atoms with E-state index in [1.54, 1.807) is 36.4 Å². The minimum Gasteiger partial charge on any atom is -0.348 e. The van der Waals surface area contributed by atoms with Crippen molar-refractivity contribution in [2.45, 2.75) is 6.54 Å². The molecule has 0 bridgehead atoms. The van der Waals surface area contributed by atoms with Crippen molar-refractivity contribution in [2.24, 2.45) is 0 Å². The number of rotatable bonds is 5. The summed E-state index contributed by atoms with van der Waals surface area (Å²) in [6.45, 7) is 0.0782. The van der Waals surface area contributed by atoms with Gasteiger partial charge < -0.3 is 10.6 Å². The van der Waals surface area contributed by atoms with Crippen molar-refractivity contribution < 1.29 is 9.18 Å². The fourth-order valence-electron chi connectivity index (χ4n) is 2.13. The van der Waals surface area contributed by atoms with E-state index >= 15 is 0 Å². The van der Waals surface area contributed by atoms with E-state index in [1.165, 1.54) is 18.5 Å². The summed E-state index contributed by atoms with van der Waals surface area (Å²) in [7, 11) is 0. The number of carbonyl (C=O) groups excluding carboxylic acids is 1. The van der Waals surface area contributed by atoms with Crippen molar-refractivity contribution in [1.82, 2.24) is 15.3 Å². The van der Waals surface area contributed by atoms with Crippen LogP contribution in [0.3, 0.4) is 0 Å². The normalized spacial score (nSPS) is 10.4. The summed E-state index contributed by atoms with van der Waals surface area (Å²) in [4.78, 5) is 20.3. The van der Waals surface area contributed by atoms with Crippen LogP contribution in [0.15, 0.2) is 54.9 Å². The smallest absolute Gasteiger partial charge is 0.254 e. The van der Waals surface area contributed by atoms with Crippen LogP contribution in [-0.2, 0) is 6.54 Å². The minimum absolute atomic E-state index is 0.0782. The number of anilines is 2. The summed E-state index contributed by atoms with van der Waals surface area (Å²) in [6, 6.07) is 11.3. The standard InChI is InChI=1S/C18H13Cl2FN4O/c19-14-6-5-13(7-15(14)20)25-18-23-9-12(10-24-18)17(26)22-8-11-3-1-2-4-16(11)21/h1-7,9-10H,8H2,(H,22,26)(H,23,24,25). The molecule has 0 fully saturated rings. The first kappa shape index (κ1) is 18.1. The van der Waals surface area contributed by atoms with Gasteiger partial charge in [-0.2, -0.15) is 0 Å².